The van der Waals surface area contributed by atoms with E-state index < -0.39 is 29.3 Å². The summed E-state index contributed by atoms with van der Waals surface area (Å²) in [5, 5.41) is 15.8. The van der Waals surface area contributed by atoms with Crippen molar-refractivity contribution in [3.63, 3.8) is 0 Å². The smallest absolute Gasteiger partial charge is 0.311 e. The van der Waals surface area contributed by atoms with Crippen molar-refractivity contribution in [2.24, 2.45) is 0 Å². The van der Waals surface area contributed by atoms with Crippen LogP contribution in [0.1, 0.15) is 5.56 Å². The van der Waals surface area contributed by atoms with Gasteiger partial charge in [-0.15, -0.1) is 0 Å². The molecule has 2 aromatic rings. The Morgan fingerprint density at radius 2 is 1.71 bits per heavy atom. The SMILES string of the molecule is O=C(COC(=O)Cc1ccccc1[N+](=O)[O-])NCC(=O)Nc1ccccc1Br. The van der Waals surface area contributed by atoms with Crippen molar-refractivity contribution in [1.82, 2.24) is 5.32 Å². The zero-order valence-corrected chi connectivity index (χ0v) is 16.1. The Kier molecular flexibility index (Phi) is 7.64. The average molecular weight is 450 g/mol. The third-order valence-electron chi connectivity index (χ3n) is 3.48. The molecule has 0 aliphatic rings. The van der Waals surface area contributed by atoms with Crippen LogP contribution < -0.4 is 10.6 Å². The fraction of sp³-hybridized carbons (Fsp3) is 0.167. The molecule has 0 radical (unpaired) electrons. The highest BCUT2D eigenvalue weighted by Crippen LogP contribution is 2.21. The van der Waals surface area contributed by atoms with Crippen molar-refractivity contribution >= 4 is 45.1 Å². The number of nitrogens with one attached hydrogen (secondary N) is 2. The molecule has 9 nitrogen and oxygen atoms in total. The van der Waals surface area contributed by atoms with E-state index in [1.807, 2.05) is 0 Å². The first-order chi connectivity index (χ1) is 13.4. The van der Waals surface area contributed by atoms with Crippen LogP contribution >= 0.6 is 15.9 Å². The van der Waals surface area contributed by atoms with Crippen LogP contribution in [-0.4, -0.2) is 35.9 Å². The summed E-state index contributed by atoms with van der Waals surface area (Å²) in [5.74, 6) is -1.91. The third kappa shape index (κ3) is 6.47. The molecular formula is C18H16BrN3O6. The Balaban J connectivity index is 1.75. The fourth-order valence-electron chi connectivity index (χ4n) is 2.18. The lowest BCUT2D eigenvalue weighted by molar-refractivity contribution is -0.385. The van der Waals surface area contributed by atoms with Gasteiger partial charge in [-0.05, 0) is 28.1 Å². The number of nitro groups is 1. The second-order valence-corrected chi connectivity index (χ2v) is 6.38. The molecule has 0 spiro atoms. The number of ether oxygens (including phenoxy) is 1. The summed E-state index contributed by atoms with van der Waals surface area (Å²) < 4.78 is 5.49. The number of esters is 1. The maximum atomic E-state index is 11.8. The van der Waals surface area contributed by atoms with E-state index in [2.05, 4.69) is 26.6 Å². The van der Waals surface area contributed by atoms with E-state index >= 15 is 0 Å². The van der Waals surface area contributed by atoms with Crippen molar-refractivity contribution in [1.29, 1.82) is 0 Å². The van der Waals surface area contributed by atoms with E-state index in [1.165, 1.54) is 18.2 Å². The number of hydrogen-bond acceptors (Lipinski definition) is 6. The normalized spacial score (nSPS) is 10.0. The molecule has 28 heavy (non-hydrogen) atoms. The molecule has 0 heterocycles. The van der Waals surface area contributed by atoms with Crippen molar-refractivity contribution in [2.45, 2.75) is 6.42 Å². The van der Waals surface area contributed by atoms with E-state index in [4.69, 9.17) is 4.74 Å². The van der Waals surface area contributed by atoms with Gasteiger partial charge in [0.1, 0.15) is 0 Å². The lowest BCUT2D eigenvalue weighted by Crippen LogP contribution is -2.35. The molecule has 0 bridgehead atoms. The number of carbonyl (C=O) groups excluding carboxylic acids is 3. The first-order valence-electron chi connectivity index (χ1n) is 8.06. The molecule has 0 aliphatic carbocycles. The number of hydrogen-bond donors (Lipinski definition) is 2. The van der Waals surface area contributed by atoms with Gasteiger partial charge in [-0.2, -0.15) is 0 Å². The zero-order chi connectivity index (χ0) is 20.5. The van der Waals surface area contributed by atoms with Gasteiger partial charge in [0.25, 0.3) is 11.6 Å². The number of anilines is 1. The minimum Gasteiger partial charge on any atom is -0.455 e. The number of halogens is 1. The zero-order valence-electron chi connectivity index (χ0n) is 14.5. The second kappa shape index (κ2) is 10.2. The van der Waals surface area contributed by atoms with Gasteiger partial charge in [0.15, 0.2) is 6.61 Å². The van der Waals surface area contributed by atoms with Crippen molar-refractivity contribution < 1.29 is 24.0 Å². The summed E-state index contributed by atoms with van der Waals surface area (Å²) in [5.41, 5.74) is 0.538. The van der Waals surface area contributed by atoms with Crippen LogP contribution in [0.4, 0.5) is 11.4 Å². The van der Waals surface area contributed by atoms with Crippen LogP contribution in [0.25, 0.3) is 0 Å². The Bertz CT molecular complexity index is 902. The molecule has 2 rings (SSSR count). The van der Waals surface area contributed by atoms with Crippen LogP contribution in [0.3, 0.4) is 0 Å². The van der Waals surface area contributed by atoms with Gasteiger partial charge in [-0.1, -0.05) is 30.3 Å². The standard InChI is InChI=1S/C18H16BrN3O6/c19-13-6-2-3-7-14(13)21-16(23)10-20-17(24)11-28-18(25)9-12-5-1-4-8-15(12)22(26)27/h1-8H,9-11H2,(H,20,24)(H,21,23). The molecule has 0 atom stereocenters. The maximum absolute atomic E-state index is 11.8. The number of rotatable bonds is 8. The highest BCUT2D eigenvalue weighted by atomic mass is 79.9. The molecular weight excluding hydrogens is 434 g/mol. The summed E-state index contributed by atoms with van der Waals surface area (Å²) in [7, 11) is 0. The molecule has 2 aromatic carbocycles. The van der Waals surface area contributed by atoms with Crippen LogP contribution in [0.15, 0.2) is 53.0 Å². The number of carbonyl (C=O) groups is 3. The quantitative estimate of drug-likeness (QED) is 0.361. The average Bonchev–Trinajstić information content (AvgIpc) is 2.67. The van der Waals surface area contributed by atoms with Gasteiger partial charge >= 0.3 is 5.97 Å². The lowest BCUT2D eigenvalue weighted by atomic mass is 10.1. The summed E-state index contributed by atoms with van der Waals surface area (Å²) in [6.07, 6.45) is -0.340. The van der Waals surface area contributed by atoms with Crippen molar-refractivity contribution in [3.05, 3.63) is 68.7 Å². The van der Waals surface area contributed by atoms with Crippen LogP contribution in [-0.2, 0) is 25.5 Å². The predicted molar refractivity (Wildman–Crippen MR) is 104 cm³/mol. The van der Waals surface area contributed by atoms with Gasteiger partial charge in [-0.3, -0.25) is 24.5 Å². The van der Waals surface area contributed by atoms with Gasteiger partial charge < -0.3 is 15.4 Å². The van der Waals surface area contributed by atoms with Crippen molar-refractivity contribution in [2.75, 3.05) is 18.5 Å². The molecule has 146 valence electrons. The van der Waals surface area contributed by atoms with E-state index in [0.717, 1.165) is 0 Å². The third-order valence-corrected chi connectivity index (χ3v) is 4.17. The van der Waals surface area contributed by atoms with Gasteiger partial charge in [0.2, 0.25) is 5.91 Å². The predicted octanol–water partition coefficient (Wildman–Crippen LogP) is 2.20. The van der Waals surface area contributed by atoms with E-state index in [9.17, 15) is 24.5 Å². The number of nitro benzene ring substituents is 1. The number of benzene rings is 2. The number of nitrogens with zero attached hydrogens (tertiary/aromatic N) is 1. The molecule has 0 saturated heterocycles. The molecule has 0 unspecified atom stereocenters. The Labute approximate surface area is 168 Å². The molecule has 0 aliphatic heterocycles. The molecule has 2 amide bonds. The number of para-hydroxylation sites is 2. The Morgan fingerprint density at radius 3 is 2.43 bits per heavy atom. The van der Waals surface area contributed by atoms with Gasteiger partial charge in [0, 0.05) is 16.1 Å². The molecule has 0 fully saturated rings. The van der Waals surface area contributed by atoms with E-state index in [0.29, 0.717) is 10.2 Å². The molecule has 0 saturated carbocycles. The summed E-state index contributed by atoms with van der Waals surface area (Å²) in [6.45, 7) is -0.899. The van der Waals surface area contributed by atoms with E-state index in [1.54, 1.807) is 30.3 Å². The first-order valence-corrected chi connectivity index (χ1v) is 8.85. The number of amides is 2. The van der Waals surface area contributed by atoms with Crippen LogP contribution in [0.5, 0.6) is 0 Å². The minimum atomic E-state index is -0.790. The fourth-order valence-corrected chi connectivity index (χ4v) is 2.56. The molecule has 2 N–H and O–H groups in total. The summed E-state index contributed by atoms with van der Waals surface area (Å²) in [6, 6.07) is 12.7. The first kappa shape index (κ1) is 21.0. The summed E-state index contributed by atoms with van der Waals surface area (Å²) >= 11 is 3.29. The largest absolute Gasteiger partial charge is 0.455 e. The molecule has 10 heteroatoms. The van der Waals surface area contributed by atoms with Gasteiger partial charge in [-0.25, -0.2) is 0 Å². The monoisotopic (exact) mass is 449 g/mol. The summed E-state index contributed by atoms with van der Waals surface area (Å²) in [4.78, 5) is 45.7. The van der Waals surface area contributed by atoms with Crippen LogP contribution in [0, 0.1) is 10.1 Å². The van der Waals surface area contributed by atoms with Crippen LogP contribution in [0.2, 0.25) is 0 Å². The highest BCUT2D eigenvalue weighted by Gasteiger charge is 2.17. The van der Waals surface area contributed by atoms with Crippen molar-refractivity contribution in [3.8, 4) is 0 Å². The van der Waals surface area contributed by atoms with Gasteiger partial charge in [0.05, 0.1) is 23.6 Å². The second-order valence-electron chi connectivity index (χ2n) is 5.53. The lowest BCUT2D eigenvalue weighted by Gasteiger charge is -2.09. The highest BCUT2D eigenvalue weighted by molar-refractivity contribution is 9.10. The topological polar surface area (TPSA) is 128 Å². The maximum Gasteiger partial charge on any atom is 0.311 e. The Hall–Kier alpha value is -3.27. The molecule has 0 aromatic heterocycles. The van der Waals surface area contributed by atoms with E-state index in [-0.39, 0.29) is 24.2 Å². The minimum absolute atomic E-state index is 0.186. The Morgan fingerprint density at radius 1 is 1.04 bits per heavy atom.